The quantitative estimate of drug-likeness (QED) is 0.656. The predicted octanol–water partition coefficient (Wildman–Crippen LogP) is 4.04. The Hall–Kier alpha value is -1.92. The highest BCUT2D eigenvalue weighted by Crippen LogP contribution is 2.32. The van der Waals surface area contributed by atoms with Crippen molar-refractivity contribution >= 4 is 11.4 Å². The van der Waals surface area contributed by atoms with Crippen LogP contribution in [0, 0.1) is 15.5 Å². The topological polar surface area (TPSA) is 64.4 Å². The van der Waals surface area contributed by atoms with Gasteiger partial charge >= 0.3 is 12.3 Å². The van der Waals surface area contributed by atoms with Crippen molar-refractivity contribution in [3.8, 4) is 5.75 Å². The van der Waals surface area contributed by atoms with Gasteiger partial charge in [0.15, 0.2) is 0 Å². The standard InChI is InChI=1S/C13H18F2N2O3/c1-8(13(2,3)4)16-9-5-6-10(17(18)19)11(7-9)20-12(14)15/h5-8,12,16H,1-4H3. The molecule has 1 aromatic carbocycles. The maximum Gasteiger partial charge on any atom is 0.387 e. The molecule has 5 nitrogen and oxygen atoms in total. The maximum absolute atomic E-state index is 12.3. The van der Waals surface area contributed by atoms with Crippen LogP contribution in [0.3, 0.4) is 0 Å². The Morgan fingerprint density at radius 2 is 1.95 bits per heavy atom. The number of alkyl halides is 2. The van der Waals surface area contributed by atoms with Crippen molar-refractivity contribution in [2.45, 2.75) is 40.3 Å². The molecule has 0 saturated carbocycles. The second kappa shape index (κ2) is 6.02. The molecule has 0 aromatic heterocycles. The minimum absolute atomic E-state index is 0.0448. The first-order chi connectivity index (χ1) is 9.11. The van der Waals surface area contributed by atoms with E-state index in [1.807, 2.05) is 27.7 Å². The summed E-state index contributed by atoms with van der Waals surface area (Å²) in [6.07, 6.45) is 0. The van der Waals surface area contributed by atoms with Gasteiger partial charge in [-0.15, -0.1) is 0 Å². The van der Waals surface area contributed by atoms with Crippen LogP contribution in [0.2, 0.25) is 0 Å². The molecule has 0 spiro atoms. The van der Waals surface area contributed by atoms with E-state index in [2.05, 4.69) is 10.1 Å². The zero-order valence-electron chi connectivity index (χ0n) is 11.8. The molecule has 0 aliphatic heterocycles. The molecule has 7 heteroatoms. The highest BCUT2D eigenvalue weighted by atomic mass is 19.3. The van der Waals surface area contributed by atoms with E-state index in [-0.39, 0.29) is 11.5 Å². The normalized spacial score (nSPS) is 13.2. The smallest absolute Gasteiger partial charge is 0.387 e. The summed E-state index contributed by atoms with van der Waals surface area (Å²) in [5.41, 5.74) is -0.0427. The van der Waals surface area contributed by atoms with Crippen molar-refractivity contribution < 1.29 is 18.4 Å². The van der Waals surface area contributed by atoms with Crippen molar-refractivity contribution in [3.05, 3.63) is 28.3 Å². The first kappa shape index (κ1) is 16.1. The highest BCUT2D eigenvalue weighted by Gasteiger charge is 2.22. The van der Waals surface area contributed by atoms with Crippen LogP contribution in [0.1, 0.15) is 27.7 Å². The number of ether oxygens (including phenoxy) is 1. The molecule has 1 unspecified atom stereocenters. The van der Waals surface area contributed by atoms with Gasteiger partial charge in [0.05, 0.1) is 4.92 Å². The van der Waals surface area contributed by atoms with E-state index in [1.165, 1.54) is 12.1 Å². The average Bonchev–Trinajstić information content (AvgIpc) is 2.26. The lowest BCUT2D eigenvalue weighted by Gasteiger charge is -2.29. The molecule has 0 radical (unpaired) electrons. The van der Waals surface area contributed by atoms with Crippen LogP contribution in [0.5, 0.6) is 5.75 Å². The second-order valence-electron chi connectivity index (χ2n) is 5.55. The molecule has 0 aliphatic carbocycles. The van der Waals surface area contributed by atoms with Crippen molar-refractivity contribution in [2.24, 2.45) is 5.41 Å². The molecule has 1 atom stereocenters. The first-order valence-corrected chi connectivity index (χ1v) is 6.11. The van der Waals surface area contributed by atoms with Crippen LogP contribution in [0.15, 0.2) is 18.2 Å². The van der Waals surface area contributed by atoms with Gasteiger partial charge < -0.3 is 10.1 Å². The summed E-state index contributed by atoms with van der Waals surface area (Å²) in [5.74, 6) is -0.448. The number of rotatable bonds is 5. The number of hydrogen-bond acceptors (Lipinski definition) is 4. The predicted molar refractivity (Wildman–Crippen MR) is 72.3 cm³/mol. The monoisotopic (exact) mass is 288 g/mol. The van der Waals surface area contributed by atoms with Gasteiger partial charge in [0.1, 0.15) is 0 Å². The Balaban J connectivity index is 3.03. The van der Waals surface area contributed by atoms with Crippen LogP contribution in [-0.4, -0.2) is 17.6 Å². The summed E-state index contributed by atoms with van der Waals surface area (Å²) in [6.45, 7) is 4.89. The van der Waals surface area contributed by atoms with E-state index in [0.717, 1.165) is 6.07 Å². The minimum atomic E-state index is -3.11. The third kappa shape index (κ3) is 4.32. The van der Waals surface area contributed by atoms with Gasteiger partial charge in [0.2, 0.25) is 5.75 Å². The van der Waals surface area contributed by atoms with Gasteiger partial charge in [-0.3, -0.25) is 10.1 Å². The Bertz CT molecular complexity index is 487. The number of nitro benzene ring substituents is 1. The SMILES string of the molecule is CC(Nc1ccc([N+](=O)[O-])c(OC(F)F)c1)C(C)(C)C. The van der Waals surface area contributed by atoms with Crippen LogP contribution in [0.25, 0.3) is 0 Å². The molecule has 0 aliphatic rings. The number of nitro groups is 1. The molecule has 0 bridgehead atoms. The van der Waals surface area contributed by atoms with E-state index in [4.69, 9.17) is 0 Å². The van der Waals surface area contributed by atoms with E-state index in [0.29, 0.717) is 5.69 Å². The lowest BCUT2D eigenvalue weighted by Crippen LogP contribution is -2.30. The summed E-state index contributed by atoms with van der Waals surface area (Å²) < 4.78 is 28.8. The minimum Gasteiger partial charge on any atom is -0.427 e. The highest BCUT2D eigenvalue weighted by molar-refractivity contribution is 5.58. The number of halogens is 2. The number of nitrogens with one attached hydrogen (secondary N) is 1. The van der Waals surface area contributed by atoms with Gasteiger partial charge in [-0.25, -0.2) is 0 Å². The summed E-state index contributed by atoms with van der Waals surface area (Å²) in [4.78, 5) is 10.0. The molecule has 1 aromatic rings. The molecular weight excluding hydrogens is 270 g/mol. The fourth-order valence-corrected chi connectivity index (χ4v) is 1.41. The van der Waals surface area contributed by atoms with E-state index in [1.54, 1.807) is 0 Å². The van der Waals surface area contributed by atoms with E-state index < -0.39 is 23.0 Å². The lowest BCUT2D eigenvalue weighted by atomic mass is 9.88. The average molecular weight is 288 g/mol. The van der Waals surface area contributed by atoms with Gasteiger partial charge in [0.25, 0.3) is 0 Å². The van der Waals surface area contributed by atoms with Crippen LogP contribution >= 0.6 is 0 Å². The Morgan fingerprint density at radius 3 is 2.40 bits per heavy atom. The molecule has 0 amide bonds. The molecule has 20 heavy (non-hydrogen) atoms. The van der Waals surface area contributed by atoms with E-state index >= 15 is 0 Å². The second-order valence-corrected chi connectivity index (χ2v) is 5.55. The number of hydrogen-bond donors (Lipinski definition) is 1. The molecule has 112 valence electrons. The van der Waals surface area contributed by atoms with Gasteiger partial charge in [-0.05, 0) is 18.4 Å². The zero-order chi connectivity index (χ0) is 15.5. The van der Waals surface area contributed by atoms with Crippen molar-refractivity contribution in [1.82, 2.24) is 0 Å². The Labute approximate surface area is 116 Å². The summed E-state index contributed by atoms with van der Waals surface area (Å²) in [6, 6.07) is 3.88. The van der Waals surface area contributed by atoms with Crippen molar-refractivity contribution in [2.75, 3.05) is 5.32 Å². The summed E-state index contributed by atoms with van der Waals surface area (Å²) >= 11 is 0. The Morgan fingerprint density at radius 1 is 1.35 bits per heavy atom. The van der Waals surface area contributed by atoms with Crippen molar-refractivity contribution in [1.29, 1.82) is 0 Å². The van der Waals surface area contributed by atoms with Gasteiger partial charge in [0, 0.05) is 23.9 Å². The number of nitrogens with zero attached hydrogens (tertiary/aromatic N) is 1. The lowest BCUT2D eigenvalue weighted by molar-refractivity contribution is -0.386. The van der Waals surface area contributed by atoms with E-state index in [9.17, 15) is 18.9 Å². The molecular formula is C13H18F2N2O3. The van der Waals surface area contributed by atoms with Gasteiger partial charge in [-0.2, -0.15) is 8.78 Å². The van der Waals surface area contributed by atoms with Crippen LogP contribution in [-0.2, 0) is 0 Å². The zero-order valence-corrected chi connectivity index (χ0v) is 11.8. The molecule has 1 N–H and O–H groups in total. The molecule has 0 saturated heterocycles. The first-order valence-electron chi connectivity index (χ1n) is 6.11. The third-order valence-electron chi connectivity index (χ3n) is 3.05. The number of anilines is 1. The molecule has 0 fully saturated rings. The van der Waals surface area contributed by atoms with Crippen LogP contribution < -0.4 is 10.1 Å². The van der Waals surface area contributed by atoms with Crippen molar-refractivity contribution in [3.63, 3.8) is 0 Å². The van der Waals surface area contributed by atoms with Crippen LogP contribution in [0.4, 0.5) is 20.2 Å². The summed E-state index contributed by atoms with van der Waals surface area (Å²) in [5, 5.41) is 13.9. The van der Waals surface area contributed by atoms with Gasteiger partial charge in [-0.1, -0.05) is 20.8 Å². The fraction of sp³-hybridized carbons (Fsp3) is 0.538. The number of benzene rings is 1. The maximum atomic E-state index is 12.3. The molecule has 1 rings (SSSR count). The fourth-order valence-electron chi connectivity index (χ4n) is 1.41. The largest absolute Gasteiger partial charge is 0.427 e. The third-order valence-corrected chi connectivity index (χ3v) is 3.05. The summed E-state index contributed by atoms with van der Waals surface area (Å²) in [7, 11) is 0. The Kier molecular flexibility index (Phi) is 4.86. The molecule has 0 heterocycles.